The molecule has 5 aliphatic rings. The third-order valence-corrected chi connectivity index (χ3v) is 15.0. The van der Waals surface area contributed by atoms with Gasteiger partial charge in [-0.05, 0) is 161 Å². The largest absolute Gasteiger partial charge is 0.310 e. The SMILES string of the molecule is c1ccc2c(c1)-c1cc(N(c3ccc(-c4ccc(-n5c6ccccc6c6ccccc65)cc4)cc3)c3ccc4ccccc4c3)ccc1C21C2CC3CC(C2)CC1C3. The molecule has 278 valence electrons. The van der Waals surface area contributed by atoms with Gasteiger partial charge in [-0.1, -0.05) is 121 Å². The van der Waals surface area contributed by atoms with Crippen molar-refractivity contribution in [3.8, 4) is 27.9 Å². The maximum absolute atomic E-state index is 2.55. The lowest BCUT2D eigenvalue weighted by Gasteiger charge is -2.61. The van der Waals surface area contributed by atoms with E-state index < -0.39 is 0 Å². The van der Waals surface area contributed by atoms with E-state index in [1.165, 1.54) is 104 Å². The Labute approximate surface area is 340 Å². The Balaban J connectivity index is 0.905. The van der Waals surface area contributed by atoms with E-state index in [4.69, 9.17) is 0 Å². The molecule has 0 atom stereocenters. The Hall–Kier alpha value is -6.38. The van der Waals surface area contributed by atoms with E-state index in [1.54, 1.807) is 11.1 Å². The molecule has 0 radical (unpaired) electrons. The van der Waals surface area contributed by atoms with Crippen molar-refractivity contribution >= 4 is 49.6 Å². The molecule has 1 spiro atoms. The molecule has 0 amide bonds. The van der Waals surface area contributed by atoms with Crippen molar-refractivity contribution in [3.05, 3.63) is 193 Å². The highest BCUT2D eigenvalue weighted by molar-refractivity contribution is 6.09. The molecule has 5 aliphatic carbocycles. The third kappa shape index (κ3) is 4.60. The van der Waals surface area contributed by atoms with E-state index in [0.29, 0.717) is 0 Å². The van der Waals surface area contributed by atoms with Crippen LogP contribution in [0.2, 0.25) is 0 Å². The van der Waals surface area contributed by atoms with Crippen LogP contribution in [-0.2, 0) is 5.41 Å². The van der Waals surface area contributed by atoms with Crippen LogP contribution in [0.15, 0.2) is 182 Å². The summed E-state index contributed by atoms with van der Waals surface area (Å²) in [6.07, 6.45) is 7.09. The summed E-state index contributed by atoms with van der Waals surface area (Å²) in [6, 6.07) is 68.4. The summed E-state index contributed by atoms with van der Waals surface area (Å²) in [7, 11) is 0. The number of fused-ring (bicyclic) bond motifs is 7. The Morgan fingerprint density at radius 1 is 0.414 bits per heavy atom. The first-order valence-electron chi connectivity index (χ1n) is 21.4. The normalized spacial score (nSPS) is 22.6. The highest BCUT2D eigenvalue weighted by atomic mass is 15.1. The van der Waals surface area contributed by atoms with Gasteiger partial charge in [0, 0.05) is 38.9 Å². The minimum atomic E-state index is 0.171. The number of hydrogen-bond donors (Lipinski definition) is 0. The fourth-order valence-corrected chi connectivity index (χ4v) is 12.9. The van der Waals surface area contributed by atoms with Crippen molar-refractivity contribution in [2.24, 2.45) is 23.7 Å². The quantitative estimate of drug-likeness (QED) is 0.170. The lowest BCUT2D eigenvalue weighted by molar-refractivity contribution is -0.0399. The molecule has 4 bridgehead atoms. The molecule has 0 unspecified atom stereocenters. The van der Waals surface area contributed by atoms with Crippen molar-refractivity contribution in [1.82, 2.24) is 4.57 Å². The fourth-order valence-electron chi connectivity index (χ4n) is 12.9. The van der Waals surface area contributed by atoms with Crippen LogP contribution in [0, 0.1) is 23.7 Å². The van der Waals surface area contributed by atoms with E-state index >= 15 is 0 Å². The first-order valence-corrected chi connectivity index (χ1v) is 21.4. The highest BCUT2D eigenvalue weighted by Crippen LogP contribution is 2.69. The minimum absolute atomic E-state index is 0.171. The maximum Gasteiger partial charge on any atom is 0.0541 e. The molecule has 2 nitrogen and oxygen atoms in total. The average molecular weight is 745 g/mol. The number of hydrogen-bond acceptors (Lipinski definition) is 1. The zero-order chi connectivity index (χ0) is 38.0. The van der Waals surface area contributed by atoms with Gasteiger partial charge in [-0.3, -0.25) is 0 Å². The minimum Gasteiger partial charge on any atom is -0.310 e. The molecule has 1 heterocycles. The summed E-state index contributed by atoms with van der Waals surface area (Å²) in [5, 5.41) is 5.09. The summed E-state index contributed by atoms with van der Waals surface area (Å²) >= 11 is 0. The number of nitrogens with zero attached hydrogens (tertiary/aromatic N) is 2. The number of para-hydroxylation sites is 2. The molecule has 0 aliphatic heterocycles. The summed E-state index contributed by atoms with van der Waals surface area (Å²) in [4.78, 5) is 2.48. The van der Waals surface area contributed by atoms with Gasteiger partial charge in [0.05, 0.1) is 11.0 Å². The van der Waals surface area contributed by atoms with Crippen LogP contribution in [0.1, 0.15) is 43.2 Å². The van der Waals surface area contributed by atoms with Gasteiger partial charge in [-0.15, -0.1) is 0 Å². The third-order valence-electron chi connectivity index (χ3n) is 15.0. The van der Waals surface area contributed by atoms with E-state index in [1.807, 2.05) is 0 Å². The predicted molar refractivity (Wildman–Crippen MR) is 242 cm³/mol. The van der Waals surface area contributed by atoms with Crippen molar-refractivity contribution in [1.29, 1.82) is 0 Å². The van der Waals surface area contributed by atoms with Crippen LogP contribution >= 0.6 is 0 Å². The van der Waals surface area contributed by atoms with Crippen molar-refractivity contribution in [2.75, 3.05) is 4.90 Å². The molecule has 0 N–H and O–H groups in total. The first kappa shape index (κ1) is 32.7. The molecule has 8 aromatic carbocycles. The predicted octanol–water partition coefficient (Wildman–Crippen LogP) is 14.8. The van der Waals surface area contributed by atoms with Crippen LogP contribution in [-0.4, -0.2) is 4.57 Å². The number of benzene rings is 8. The van der Waals surface area contributed by atoms with Gasteiger partial charge in [-0.2, -0.15) is 0 Å². The van der Waals surface area contributed by atoms with Gasteiger partial charge in [0.25, 0.3) is 0 Å². The fraction of sp³-hybridized carbons (Fsp3) is 0.179. The molecule has 4 fully saturated rings. The second-order valence-corrected chi connectivity index (χ2v) is 17.8. The van der Waals surface area contributed by atoms with Crippen LogP contribution < -0.4 is 4.90 Å². The van der Waals surface area contributed by atoms with Crippen molar-refractivity contribution in [2.45, 2.75) is 37.5 Å². The summed E-state index contributed by atoms with van der Waals surface area (Å²) in [6.45, 7) is 0. The molecule has 58 heavy (non-hydrogen) atoms. The summed E-state index contributed by atoms with van der Waals surface area (Å²) in [5.41, 5.74) is 15.9. The Kier molecular flexibility index (Phi) is 6.94. The lowest BCUT2D eigenvalue weighted by Crippen LogP contribution is -2.55. The molecule has 2 heteroatoms. The smallest absolute Gasteiger partial charge is 0.0541 e. The topological polar surface area (TPSA) is 8.17 Å². The standard InChI is InChI=1S/C56H44N2/c1-2-10-41-34-46(26-21-38(41)9-1)57(47-27-28-53-51(35-47)48-11-3-6-14-52(48)56(53)42-30-36-29-37(32-42)33-43(56)31-36)44-22-17-39(18-23-44)40-19-24-45(25-20-40)58-54-15-7-4-12-49(54)50-13-5-8-16-55(50)58/h1-28,34-37,42-43H,29-33H2. The van der Waals surface area contributed by atoms with E-state index in [0.717, 1.165) is 29.4 Å². The molecular formula is C56H44N2. The second-order valence-electron chi connectivity index (χ2n) is 17.8. The molecule has 1 aromatic heterocycles. The summed E-state index contributed by atoms with van der Waals surface area (Å²) < 4.78 is 2.39. The zero-order valence-electron chi connectivity index (χ0n) is 32.6. The molecule has 9 aromatic rings. The van der Waals surface area contributed by atoms with Gasteiger partial charge in [-0.25, -0.2) is 0 Å². The highest BCUT2D eigenvalue weighted by Gasteiger charge is 2.61. The second kappa shape index (κ2) is 12.3. The zero-order valence-corrected chi connectivity index (χ0v) is 32.6. The Morgan fingerprint density at radius 3 is 1.66 bits per heavy atom. The van der Waals surface area contributed by atoms with Gasteiger partial charge >= 0.3 is 0 Å². The van der Waals surface area contributed by atoms with E-state index in [9.17, 15) is 0 Å². The Bertz CT molecular complexity index is 2990. The lowest BCUT2D eigenvalue weighted by atomic mass is 9.43. The molecule has 0 saturated heterocycles. The maximum atomic E-state index is 2.55. The first-order chi connectivity index (χ1) is 28.7. The van der Waals surface area contributed by atoms with Crippen molar-refractivity contribution in [3.63, 3.8) is 0 Å². The molecule has 14 rings (SSSR count). The van der Waals surface area contributed by atoms with Gasteiger partial charge in [0.1, 0.15) is 0 Å². The van der Waals surface area contributed by atoms with E-state index in [-0.39, 0.29) is 5.41 Å². The van der Waals surface area contributed by atoms with Crippen molar-refractivity contribution < 1.29 is 0 Å². The average Bonchev–Trinajstić information content (AvgIpc) is 3.76. The number of aromatic nitrogens is 1. The van der Waals surface area contributed by atoms with Gasteiger partial charge in [0.2, 0.25) is 0 Å². The van der Waals surface area contributed by atoms with Crippen LogP contribution in [0.25, 0.3) is 60.5 Å². The number of anilines is 3. The van der Waals surface area contributed by atoms with E-state index in [2.05, 4.69) is 191 Å². The van der Waals surface area contributed by atoms with Gasteiger partial charge in [0.15, 0.2) is 0 Å². The summed E-state index contributed by atoms with van der Waals surface area (Å²) in [5.74, 6) is 3.40. The van der Waals surface area contributed by atoms with Crippen LogP contribution in [0.5, 0.6) is 0 Å². The van der Waals surface area contributed by atoms with Gasteiger partial charge < -0.3 is 9.47 Å². The number of rotatable bonds is 5. The van der Waals surface area contributed by atoms with Crippen LogP contribution in [0.4, 0.5) is 17.1 Å². The molecular weight excluding hydrogens is 701 g/mol. The Morgan fingerprint density at radius 2 is 0.948 bits per heavy atom. The monoisotopic (exact) mass is 744 g/mol. The molecule has 4 saturated carbocycles. The van der Waals surface area contributed by atoms with Crippen LogP contribution in [0.3, 0.4) is 0 Å².